The fourth-order valence-electron chi connectivity index (χ4n) is 9.24. The zero-order valence-corrected chi connectivity index (χ0v) is 40.3. The number of amides is 4. The average molecular weight is 953 g/mol. The summed E-state index contributed by atoms with van der Waals surface area (Å²) in [6.07, 6.45) is 4.30. The number of hydrogen-bond acceptors (Lipinski definition) is 11. The number of hydrogen-bond donors (Lipinski definition) is 3. The van der Waals surface area contributed by atoms with E-state index >= 15 is 13.6 Å². The molecule has 3 fully saturated rings. The van der Waals surface area contributed by atoms with Crippen molar-refractivity contribution >= 4 is 44.6 Å². The van der Waals surface area contributed by atoms with Crippen LogP contribution < -0.4 is 24.2 Å². The van der Waals surface area contributed by atoms with Crippen molar-refractivity contribution in [1.82, 2.24) is 29.8 Å². The molecule has 67 heavy (non-hydrogen) atoms. The first-order valence-electron chi connectivity index (χ1n) is 22.9. The Hall–Kier alpha value is -5.59. The minimum absolute atomic E-state index is 0.0699. The summed E-state index contributed by atoms with van der Waals surface area (Å²) in [5.41, 5.74) is -3.22. The van der Waals surface area contributed by atoms with Gasteiger partial charge in [-0.2, -0.15) is 0 Å². The molecule has 4 aliphatic rings. The van der Waals surface area contributed by atoms with E-state index in [1.165, 1.54) is 14.0 Å². The molecule has 0 spiro atoms. The highest BCUT2D eigenvalue weighted by atomic mass is 32.2. The van der Waals surface area contributed by atoms with E-state index in [-0.39, 0.29) is 43.7 Å². The molecule has 7 atom stereocenters. The van der Waals surface area contributed by atoms with Crippen LogP contribution in [0.5, 0.6) is 17.4 Å². The van der Waals surface area contributed by atoms with Gasteiger partial charge in [0, 0.05) is 24.6 Å². The van der Waals surface area contributed by atoms with Gasteiger partial charge in [0.1, 0.15) is 40.8 Å². The predicted octanol–water partition coefficient (Wildman–Crippen LogP) is 7.11. The number of allylic oxidation sites excluding steroid dienone is 1. The molecular weight excluding hydrogens is 891 g/mol. The Balaban J connectivity index is 1.31. The highest BCUT2D eigenvalue weighted by molar-refractivity contribution is 7.91. The highest BCUT2D eigenvalue weighted by Gasteiger charge is 2.63. The second-order valence-electron chi connectivity index (χ2n) is 20.0. The van der Waals surface area contributed by atoms with Gasteiger partial charge in [-0.15, -0.1) is 0 Å². The number of pyridine rings is 2. The van der Waals surface area contributed by atoms with Crippen LogP contribution in [0.25, 0.3) is 22.2 Å². The molecule has 2 aliphatic carbocycles. The van der Waals surface area contributed by atoms with Gasteiger partial charge in [0.15, 0.2) is 0 Å². The van der Waals surface area contributed by atoms with Crippen molar-refractivity contribution in [2.24, 2.45) is 17.8 Å². The van der Waals surface area contributed by atoms with Crippen molar-refractivity contribution in [3.05, 3.63) is 54.7 Å². The molecule has 7 rings (SSSR count). The standard InChI is InChI=1S/C48H62F2N6O10S/c1-27(2)65-33-15-17-36(51-25-33)37-22-30-21-32(64-9)14-16-35(30)41(52-37)66-34-23-38-40(57)53-48(43(59)54-67(62,63)46(7)18-19-46)24-31(48)13-11-10-12-28(3)20-29(4)39(42(58)55(38)26-34)56(44(60)61)45(5,6)47(8,49)50/h11,13-17,21-22,25,27-29,31,34,38-39H,10,12,18-20,23-24,26H2,1-9H3,(H,53,57)(H,54,59)(H,60,61)/t28-,29+,31+,34+,38-,39-,48+/m0/s1. The van der Waals surface area contributed by atoms with Gasteiger partial charge in [0.25, 0.3) is 11.8 Å². The molecule has 364 valence electrons. The smallest absolute Gasteiger partial charge is 0.408 e. The summed E-state index contributed by atoms with van der Waals surface area (Å²) in [4.78, 5) is 68.8. The molecule has 2 saturated carbocycles. The van der Waals surface area contributed by atoms with E-state index in [4.69, 9.17) is 19.2 Å². The normalized spacial score (nSPS) is 26.7. The minimum Gasteiger partial charge on any atom is -0.497 e. The summed E-state index contributed by atoms with van der Waals surface area (Å²) < 4.78 is 76.9. The largest absolute Gasteiger partial charge is 0.497 e. The number of carbonyl (C=O) groups is 4. The van der Waals surface area contributed by atoms with Crippen molar-refractivity contribution in [3.63, 3.8) is 0 Å². The van der Waals surface area contributed by atoms with E-state index < -0.39 is 85.6 Å². The monoisotopic (exact) mass is 952 g/mol. The van der Waals surface area contributed by atoms with Crippen LogP contribution in [-0.4, -0.2) is 117 Å². The third-order valence-corrected chi connectivity index (χ3v) is 16.2. The van der Waals surface area contributed by atoms with Crippen LogP contribution in [0, 0.1) is 17.8 Å². The number of nitrogens with zero attached hydrogens (tertiary/aromatic N) is 4. The van der Waals surface area contributed by atoms with Gasteiger partial charge >= 0.3 is 6.09 Å². The lowest BCUT2D eigenvalue weighted by atomic mass is 9.84. The van der Waals surface area contributed by atoms with Gasteiger partial charge in [0.05, 0.1) is 42.1 Å². The van der Waals surface area contributed by atoms with E-state index in [0.717, 1.165) is 18.7 Å². The Labute approximate surface area is 390 Å². The molecule has 3 aromatic rings. The van der Waals surface area contributed by atoms with Crippen molar-refractivity contribution in [1.29, 1.82) is 0 Å². The summed E-state index contributed by atoms with van der Waals surface area (Å²) in [5, 5.41) is 14.8. The third kappa shape index (κ3) is 9.88. The van der Waals surface area contributed by atoms with Crippen LogP contribution in [0.15, 0.2) is 54.7 Å². The third-order valence-electron chi connectivity index (χ3n) is 14.0. The number of sulfonamides is 1. The summed E-state index contributed by atoms with van der Waals surface area (Å²) in [6, 6.07) is 7.42. The zero-order chi connectivity index (χ0) is 49.0. The van der Waals surface area contributed by atoms with Crippen LogP contribution in [-0.2, 0) is 24.4 Å². The van der Waals surface area contributed by atoms with Crippen molar-refractivity contribution < 1.29 is 55.7 Å². The first kappa shape index (κ1) is 49.3. The van der Waals surface area contributed by atoms with Crippen LogP contribution >= 0.6 is 0 Å². The second kappa shape index (κ2) is 18.1. The van der Waals surface area contributed by atoms with Crippen LogP contribution in [0.3, 0.4) is 0 Å². The number of fused-ring (bicyclic) bond motifs is 3. The molecule has 4 amide bonds. The fraction of sp³-hybridized carbons (Fsp3) is 0.583. The maximum absolute atomic E-state index is 15.6. The van der Waals surface area contributed by atoms with E-state index in [1.54, 1.807) is 55.6 Å². The van der Waals surface area contributed by atoms with E-state index in [0.29, 0.717) is 71.2 Å². The number of carbonyl (C=O) groups excluding carboxylic acids is 3. The molecule has 1 aromatic carbocycles. The number of carboxylic acid groups (broad SMARTS) is 1. The maximum Gasteiger partial charge on any atom is 0.408 e. The van der Waals surface area contributed by atoms with Gasteiger partial charge in [0.2, 0.25) is 27.7 Å². The number of methoxy groups -OCH3 is 1. The lowest BCUT2D eigenvalue weighted by molar-refractivity contribution is -0.156. The summed E-state index contributed by atoms with van der Waals surface area (Å²) in [6.45, 7) is 11.3. The molecule has 1 saturated heterocycles. The first-order valence-corrected chi connectivity index (χ1v) is 24.3. The summed E-state index contributed by atoms with van der Waals surface area (Å²) in [5.74, 6) is -6.60. The number of benzene rings is 1. The Morgan fingerprint density at radius 3 is 2.36 bits per heavy atom. The molecule has 2 aliphatic heterocycles. The molecule has 2 aromatic heterocycles. The molecule has 0 unspecified atom stereocenters. The number of alkyl halides is 2. The maximum atomic E-state index is 15.6. The van der Waals surface area contributed by atoms with Crippen molar-refractivity contribution in [3.8, 4) is 28.8 Å². The lowest BCUT2D eigenvalue weighted by Crippen LogP contribution is -2.66. The van der Waals surface area contributed by atoms with Gasteiger partial charge in [-0.1, -0.05) is 26.0 Å². The highest BCUT2D eigenvalue weighted by Crippen LogP contribution is 2.48. The van der Waals surface area contributed by atoms with Gasteiger partial charge < -0.3 is 29.5 Å². The summed E-state index contributed by atoms with van der Waals surface area (Å²) in [7, 11) is -2.60. The SMILES string of the molecule is COc1ccc2c(O[C@@H]3C[C@H]4C(=O)N[C@]5(C(=O)NS(=O)(=O)C6(C)CC6)C[C@H]5C=CCC[C@H](C)C[C@@H](C)[C@H](N(C(=O)O)C(C)(C)C(C)(F)F)C(=O)N4C3)nc(-c3ccc(OC(C)C)cn3)cc2c1. The first-order chi connectivity index (χ1) is 31.3. The Morgan fingerprint density at radius 1 is 1.04 bits per heavy atom. The number of aromatic nitrogens is 2. The number of ether oxygens (including phenoxy) is 3. The van der Waals surface area contributed by atoms with Gasteiger partial charge in [-0.3, -0.25) is 29.0 Å². The van der Waals surface area contributed by atoms with Crippen molar-refractivity contribution in [2.75, 3.05) is 13.7 Å². The fourth-order valence-corrected chi connectivity index (χ4v) is 10.6. The zero-order valence-electron chi connectivity index (χ0n) is 39.5. The molecular formula is C48H62F2N6O10S. The van der Waals surface area contributed by atoms with E-state index in [9.17, 15) is 27.9 Å². The minimum atomic E-state index is -4.12. The Bertz CT molecular complexity index is 2550. The molecule has 0 radical (unpaired) electrons. The molecule has 19 heteroatoms. The van der Waals surface area contributed by atoms with Crippen LogP contribution in [0.2, 0.25) is 0 Å². The second-order valence-corrected chi connectivity index (χ2v) is 22.1. The van der Waals surface area contributed by atoms with Crippen molar-refractivity contribution in [2.45, 2.75) is 146 Å². The quantitative estimate of drug-likeness (QED) is 0.155. The molecule has 4 heterocycles. The number of halogens is 2. The molecule has 3 N–H and O–H groups in total. The van der Waals surface area contributed by atoms with Gasteiger partial charge in [-0.25, -0.2) is 27.0 Å². The lowest BCUT2D eigenvalue weighted by Gasteiger charge is -2.47. The van der Waals surface area contributed by atoms with Gasteiger partial charge in [-0.05, 0) is 127 Å². The Kier molecular flexibility index (Phi) is 13.4. The predicted molar refractivity (Wildman–Crippen MR) is 245 cm³/mol. The number of rotatable bonds is 12. The molecule has 0 bridgehead atoms. The van der Waals surface area contributed by atoms with E-state index in [2.05, 4.69) is 15.0 Å². The summed E-state index contributed by atoms with van der Waals surface area (Å²) >= 11 is 0. The van der Waals surface area contributed by atoms with E-state index in [1.807, 2.05) is 26.8 Å². The van der Waals surface area contributed by atoms with Crippen LogP contribution in [0.1, 0.15) is 100 Å². The van der Waals surface area contributed by atoms with Crippen LogP contribution in [0.4, 0.5) is 13.6 Å². The Morgan fingerprint density at radius 2 is 1.75 bits per heavy atom. The average Bonchev–Trinajstić information content (AvgIpc) is 4.13. The molecule has 16 nitrogen and oxygen atoms in total. The number of nitrogens with one attached hydrogen (secondary N) is 2. The topological polar surface area (TPSA) is 207 Å².